The molecule has 0 saturated carbocycles. The molecule has 0 amide bonds. The van der Waals surface area contributed by atoms with Crippen molar-refractivity contribution < 1.29 is 13.2 Å². The summed E-state index contributed by atoms with van der Waals surface area (Å²) < 4.78 is 33.3. The van der Waals surface area contributed by atoms with E-state index in [1.54, 1.807) is 17.4 Å². The van der Waals surface area contributed by atoms with Crippen LogP contribution >= 0.6 is 24.8 Å². The normalized spacial score (nSPS) is 13.2. The van der Waals surface area contributed by atoms with Crippen molar-refractivity contribution in [2.75, 3.05) is 17.5 Å². The van der Waals surface area contributed by atoms with Gasteiger partial charge in [0.25, 0.3) is 0 Å². The van der Waals surface area contributed by atoms with E-state index < -0.39 is 10.0 Å². The molecule has 10 heteroatoms. The summed E-state index contributed by atoms with van der Waals surface area (Å²) in [7, 11) is -3.36. The lowest BCUT2D eigenvalue weighted by Crippen LogP contribution is -2.09. The molecule has 1 aromatic heterocycles. The van der Waals surface area contributed by atoms with Crippen LogP contribution in [0.5, 0.6) is 5.75 Å². The number of nitrogens with one attached hydrogen (secondary N) is 1. The summed E-state index contributed by atoms with van der Waals surface area (Å²) in [4.78, 5) is 0. The molecular weight excluding hydrogens is 561 g/mol. The Morgan fingerprint density at radius 2 is 1.88 bits per heavy atom. The zero-order valence-corrected chi connectivity index (χ0v) is 25.1. The molecule has 0 fully saturated rings. The molecule has 1 N–H and O–H groups in total. The summed E-state index contributed by atoms with van der Waals surface area (Å²) in [6.45, 7) is 4.84. The van der Waals surface area contributed by atoms with Crippen LogP contribution in [0.4, 0.5) is 5.69 Å². The van der Waals surface area contributed by atoms with E-state index >= 15 is 0 Å². The van der Waals surface area contributed by atoms with Crippen molar-refractivity contribution in [2.24, 2.45) is 15.4 Å². The van der Waals surface area contributed by atoms with Crippen LogP contribution in [-0.2, 0) is 16.6 Å². The van der Waals surface area contributed by atoms with Crippen LogP contribution in [-0.4, -0.2) is 26.9 Å². The Kier molecular flexibility index (Phi) is 9.30. The van der Waals surface area contributed by atoms with Crippen molar-refractivity contribution in [2.45, 2.75) is 32.8 Å². The summed E-state index contributed by atoms with van der Waals surface area (Å²) in [6, 6.07) is 20.0. The maximum Gasteiger partial charge on any atom is 0.229 e. The number of hydrogen-bond donors (Lipinski definition) is 1. The van der Waals surface area contributed by atoms with Crippen molar-refractivity contribution in [1.29, 1.82) is 0 Å². The summed E-state index contributed by atoms with van der Waals surface area (Å²) in [5.74, 6) is 7.11. The SMILES string of the molecule is CC#C[C@@H](CC1=NN=NC1)c1ccc(OCc2ccc3scc(-c4cc(NS(C)(=O)=O)ccc4C)c3c2)cc1.S. The van der Waals surface area contributed by atoms with Crippen molar-refractivity contribution in [3.63, 3.8) is 0 Å². The Balaban J connectivity index is 0.00000370. The first-order valence-electron chi connectivity index (χ1n) is 12.5. The average Bonchev–Trinajstić information content (AvgIpc) is 3.58. The molecule has 0 aliphatic carbocycles. The van der Waals surface area contributed by atoms with Crippen molar-refractivity contribution >= 4 is 56.3 Å². The van der Waals surface area contributed by atoms with Crippen LogP contribution in [0.25, 0.3) is 21.2 Å². The number of thiophene rings is 1. The van der Waals surface area contributed by atoms with E-state index in [-0.39, 0.29) is 19.4 Å². The van der Waals surface area contributed by atoms with Gasteiger partial charge in [-0.15, -0.1) is 22.4 Å². The molecule has 1 aliphatic heterocycles. The van der Waals surface area contributed by atoms with E-state index in [1.165, 1.54) is 0 Å². The predicted octanol–water partition coefficient (Wildman–Crippen LogP) is 7.26. The van der Waals surface area contributed by atoms with Gasteiger partial charge in [-0.1, -0.05) is 30.2 Å². The Hall–Kier alpha value is -3.65. The molecule has 5 rings (SSSR count). The van der Waals surface area contributed by atoms with Crippen LogP contribution < -0.4 is 9.46 Å². The number of anilines is 1. The van der Waals surface area contributed by atoms with Gasteiger partial charge in [0.1, 0.15) is 18.9 Å². The molecule has 1 aliphatic rings. The van der Waals surface area contributed by atoms with Gasteiger partial charge in [0.2, 0.25) is 10.0 Å². The van der Waals surface area contributed by atoms with Crippen LogP contribution in [0.3, 0.4) is 0 Å². The largest absolute Gasteiger partial charge is 0.489 e. The maximum absolute atomic E-state index is 11.7. The van der Waals surface area contributed by atoms with E-state index in [2.05, 4.69) is 67.7 Å². The number of benzene rings is 3. The standard InChI is InChI=1S/C30H28N4O3S2.H2S/c1-4-5-23(15-25-17-31-34-32-25)22-8-11-26(12-9-22)37-18-21-7-13-30-28(14-21)29(19-38-30)27-16-24(10-6-20(27)2)33-39(3,35)36;/h6-14,16,19,23,33H,15,17-18H2,1-3H3;1H2/t23-;/m0./s1. The van der Waals surface area contributed by atoms with Gasteiger partial charge in [0.05, 0.1) is 17.9 Å². The fraction of sp³-hybridized carbons (Fsp3) is 0.233. The van der Waals surface area contributed by atoms with Gasteiger partial charge in [-0.05, 0) is 83.1 Å². The fourth-order valence-electron chi connectivity index (χ4n) is 4.53. The summed E-state index contributed by atoms with van der Waals surface area (Å²) in [5.41, 5.74) is 6.80. The van der Waals surface area contributed by atoms with Gasteiger partial charge < -0.3 is 4.74 Å². The van der Waals surface area contributed by atoms with E-state index in [4.69, 9.17) is 4.74 Å². The second-order valence-corrected chi connectivity index (χ2v) is 12.1. The highest BCUT2D eigenvalue weighted by Crippen LogP contribution is 2.37. The molecular formula is C30H30N4O3S3. The van der Waals surface area contributed by atoms with Gasteiger partial charge in [-0.2, -0.15) is 18.6 Å². The summed E-state index contributed by atoms with van der Waals surface area (Å²) in [5, 5.41) is 15.0. The van der Waals surface area contributed by atoms with Crippen LogP contribution in [0.1, 0.15) is 36.0 Å². The summed E-state index contributed by atoms with van der Waals surface area (Å²) >= 11 is 1.67. The Bertz CT molecular complexity index is 1750. The highest BCUT2D eigenvalue weighted by molar-refractivity contribution is 7.92. The first-order valence-corrected chi connectivity index (χ1v) is 15.2. The number of sulfonamides is 1. The average molecular weight is 591 g/mol. The van der Waals surface area contributed by atoms with Crippen molar-refractivity contribution in [1.82, 2.24) is 0 Å². The third-order valence-electron chi connectivity index (χ3n) is 6.42. The van der Waals surface area contributed by atoms with Gasteiger partial charge in [-0.25, -0.2) is 8.42 Å². The Morgan fingerprint density at radius 3 is 2.58 bits per heavy atom. The van der Waals surface area contributed by atoms with Gasteiger partial charge in [0, 0.05) is 27.8 Å². The minimum absolute atomic E-state index is 0. The second-order valence-electron chi connectivity index (χ2n) is 9.45. The zero-order valence-electron chi connectivity index (χ0n) is 22.4. The lowest BCUT2D eigenvalue weighted by atomic mass is 9.94. The van der Waals surface area contributed by atoms with E-state index in [0.29, 0.717) is 25.3 Å². The van der Waals surface area contributed by atoms with E-state index in [9.17, 15) is 8.42 Å². The van der Waals surface area contributed by atoms with Crippen LogP contribution in [0, 0.1) is 18.8 Å². The molecule has 0 spiro atoms. The van der Waals surface area contributed by atoms with E-state index in [1.807, 2.05) is 38.1 Å². The van der Waals surface area contributed by atoms with Gasteiger partial charge in [0.15, 0.2) is 0 Å². The number of ether oxygens (including phenoxy) is 1. The third-order valence-corrected chi connectivity index (χ3v) is 7.99. The molecule has 0 bridgehead atoms. The highest BCUT2D eigenvalue weighted by Gasteiger charge is 2.15. The van der Waals surface area contributed by atoms with Crippen molar-refractivity contribution in [3.05, 3.63) is 82.7 Å². The molecule has 3 aromatic carbocycles. The minimum atomic E-state index is -3.36. The number of rotatable bonds is 9. The first-order chi connectivity index (χ1) is 18.8. The lowest BCUT2D eigenvalue weighted by Gasteiger charge is -2.12. The maximum atomic E-state index is 11.7. The number of hydrogen-bond acceptors (Lipinski definition) is 7. The topological polar surface area (TPSA) is 92.5 Å². The van der Waals surface area contributed by atoms with Crippen LogP contribution in [0.15, 0.2) is 81.5 Å². The lowest BCUT2D eigenvalue weighted by molar-refractivity contribution is 0.306. The number of nitrogens with zero attached hydrogens (tertiary/aromatic N) is 3. The summed E-state index contributed by atoms with van der Waals surface area (Å²) in [6.07, 6.45) is 1.87. The predicted molar refractivity (Wildman–Crippen MR) is 170 cm³/mol. The molecule has 40 heavy (non-hydrogen) atoms. The molecule has 0 saturated heterocycles. The minimum Gasteiger partial charge on any atom is -0.489 e. The number of aryl methyl sites for hydroxylation is 1. The Morgan fingerprint density at radius 1 is 1.07 bits per heavy atom. The highest BCUT2D eigenvalue weighted by atomic mass is 32.2. The quantitative estimate of drug-likeness (QED) is 0.208. The molecule has 0 radical (unpaired) electrons. The smallest absolute Gasteiger partial charge is 0.229 e. The van der Waals surface area contributed by atoms with Gasteiger partial charge in [-0.3, -0.25) is 4.72 Å². The molecule has 206 valence electrons. The Labute approximate surface area is 245 Å². The van der Waals surface area contributed by atoms with E-state index in [0.717, 1.165) is 55.6 Å². The zero-order chi connectivity index (χ0) is 27.4. The molecule has 1 atom stereocenters. The third kappa shape index (κ3) is 7.10. The molecule has 2 heterocycles. The van der Waals surface area contributed by atoms with Gasteiger partial charge >= 0.3 is 0 Å². The fourth-order valence-corrected chi connectivity index (χ4v) is 6.03. The van der Waals surface area contributed by atoms with Crippen LogP contribution in [0.2, 0.25) is 0 Å². The monoisotopic (exact) mass is 590 g/mol. The molecule has 0 unspecified atom stereocenters. The first kappa shape index (κ1) is 29.3. The number of fused-ring (bicyclic) bond motifs is 1. The second kappa shape index (κ2) is 12.7. The molecule has 7 nitrogen and oxygen atoms in total. The molecule has 4 aromatic rings. The van der Waals surface area contributed by atoms with Crippen molar-refractivity contribution in [3.8, 4) is 28.7 Å².